The molecule has 0 aromatic heterocycles. The first-order chi connectivity index (χ1) is 11.0. The van der Waals surface area contributed by atoms with Crippen LogP contribution in [0.4, 0.5) is 16.2 Å². The van der Waals surface area contributed by atoms with Crippen molar-refractivity contribution in [2.75, 3.05) is 23.4 Å². The van der Waals surface area contributed by atoms with Crippen LogP contribution in [0.15, 0.2) is 42.5 Å². The SMILES string of the molecule is O=C(Nc1ccc(N2CCOC2=O)cc1)c1ccc(Cl)cc1Cl. The Labute approximate surface area is 142 Å². The predicted octanol–water partition coefficient (Wildman–Crippen LogP) is 4.20. The lowest BCUT2D eigenvalue weighted by atomic mass is 10.2. The van der Waals surface area contributed by atoms with Gasteiger partial charge in [0, 0.05) is 16.4 Å². The quantitative estimate of drug-likeness (QED) is 0.902. The Hall–Kier alpha value is -2.24. The van der Waals surface area contributed by atoms with Crippen LogP contribution in [-0.2, 0) is 4.74 Å². The van der Waals surface area contributed by atoms with Gasteiger partial charge in [-0.2, -0.15) is 0 Å². The van der Waals surface area contributed by atoms with E-state index in [0.717, 1.165) is 5.69 Å². The zero-order valence-electron chi connectivity index (χ0n) is 11.9. The maximum Gasteiger partial charge on any atom is 0.414 e. The number of carbonyl (C=O) groups excluding carboxylic acids is 2. The van der Waals surface area contributed by atoms with Gasteiger partial charge >= 0.3 is 6.09 Å². The number of nitrogens with zero attached hydrogens (tertiary/aromatic N) is 1. The number of rotatable bonds is 3. The topological polar surface area (TPSA) is 58.6 Å². The summed E-state index contributed by atoms with van der Waals surface area (Å²) in [5.41, 5.74) is 1.65. The third kappa shape index (κ3) is 3.41. The first kappa shape index (κ1) is 15.6. The Kier molecular flexibility index (Phi) is 4.41. The Bertz CT molecular complexity index is 762. The maximum absolute atomic E-state index is 12.2. The van der Waals surface area contributed by atoms with E-state index in [1.165, 1.54) is 11.0 Å². The lowest BCUT2D eigenvalue weighted by molar-refractivity contribution is 0.102. The minimum Gasteiger partial charge on any atom is -0.447 e. The van der Waals surface area contributed by atoms with Gasteiger partial charge in [0.1, 0.15) is 6.61 Å². The van der Waals surface area contributed by atoms with Crippen LogP contribution in [0.2, 0.25) is 10.0 Å². The molecule has 2 aromatic carbocycles. The minimum absolute atomic E-state index is 0.284. The van der Waals surface area contributed by atoms with Gasteiger partial charge in [-0.25, -0.2) is 4.79 Å². The van der Waals surface area contributed by atoms with Gasteiger partial charge in [-0.3, -0.25) is 9.69 Å². The average molecular weight is 351 g/mol. The fourth-order valence-electron chi connectivity index (χ4n) is 2.22. The molecule has 0 saturated carbocycles. The van der Waals surface area contributed by atoms with Crippen molar-refractivity contribution in [1.29, 1.82) is 0 Å². The zero-order valence-corrected chi connectivity index (χ0v) is 13.4. The van der Waals surface area contributed by atoms with Crippen molar-refractivity contribution in [1.82, 2.24) is 0 Å². The molecule has 7 heteroatoms. The molecule has 0 radical (unpaired) electrons. The Morgan fingerprint density at radius 1 is 1.13 bits per heavy atom. The Morgan fingerprint density at radius 3 is 2.48 bits per heavy atom. The molecule has 2 aromatic rings. The lowest BCUT2D eigenvalue weighted by Crippen LogP contribution is -2.23. The van der Waals surface area contributed by atoms with E-state index in [0.29, 0.717) is 29.4 Å². The number of nitrogens with one attached hydrogen (secondary N) is 1. The first-order valence-corrected chi connectivity index (χ1v) is 7.61. The standard InChI is InChI=1S/C16H12Cl2N2O3/c17-10-1-6-13(14(18)9-10)15(21)19-11-2-4-12(5-3-11)20-7-8-23-16(20)22/h1-6,9H,7-8H2,(H,19,21). The van der Waals surface area contributed by atoms with Crippen molar-refractivity contribution >= 4 is 46.6 Å². The normalized spacial score (nSPS) is 13.8. The molecule has 3 rings (SSSR count). The van der Waals surface area contributed by atoms with Gasteiger partial charge in [0.2, 0.25) is 0 Å². The van der Waals surface area contributed by atoms with Crippen LogP contribution in [0.25, 0.3) is 0 Å². The smallest absolute Gasteiger partial charge is 0.414 e. The molecule has 1 fully saturated rings. The van der Waals surface area contributed by atoms with Crippen LogP contribution in [0.3, 0.4) is 0 Å². The number of anilines is 2. The molecule has 118 valence electrons. The highest BCUT2D eigenvalue weighted by atomic mass is 35.5. The second-order valence-electron chi connectivity index (χ2n) is 4.89. The number of hydrogen-bond acceptors (Lipinski definition) is 3. The first-order valence-electron chi connectivity index (χ1n) is 6.85. The van der Waals surface area contributed by atoms with Gasteiger partial charge in [-0.05, 0) is 42.5 Å². The summed E-state index contributed by atoms with van der Waals surface area (Å²) < 4.78 is 4.89. The van der Waals surface area contributed by atoms with Gasteiger partial charge < -0.3 is 10.1 Å². The molecule has 23 heavy (non-hydrogen) atoms. The monoisotopic (exact) mass is 350 g/mol. The van der Waals surface area contributed by atoms with E-state index in [4.69, 9.17) is 27.9 Å². The summed E-state index contributed by atoms with van der Waals surface area (Å²) in [5, 5.41) is 3.50. The Morgan fingerprint density at radius 2 is 1.87 bits per heavy atom. The van der Waals surface area contributed by atoms with Crippen molar-refractivity contribution in [3.05, 3.63) is 58.1 Å². The van der Waals surface area contributed by atoms with Crippen LogP contribution in [0.1, 0.15) is 10.4 Å². The lowest BCUT2D eigenvalue weighted by Gasteiger charge is -2.13. The van der Waals surface area contributed by atoms with E-state index in [2.05, 4.69) is 5.32 Å². The number of ether oxygens (including phenoxy) is 1. The van der Waals surface area contributed by atoms with Crippen molar-refractivity contribution < 1.29 is 14.3 Å². The summed E-state index contributed by atoms with van der Waals surface area (Å²) in [5.74, 6) is -0.333. The fourth-order valence-corrected chi connectivity index (χ4v) is 2.72. The highest BCUT2D eigenvalue weighted by Crippen LogP contribution is 2.24. The van der Waals surface area contributed by atoms with Crippen molar-refractivity contribution in [3.8, 4) is 0 Å². The van der Waals surface area contributed by atoms with E-state index in [1.54, 1.807) is 36.4 Å². The molecule has 2 amide bonds. The zero-order chi connectivity index (χ0) is 16.4. The highest BCUT2D eigenvalue weighted by Gasteiger charge is 2.23. The highest BCUT2D eigenvalue weighted by molar-refractivity contribution is 6.37. The molecule has 0 atom stereocenters. The average Bonchev–Trinajstić information content (AvgIpc) is 2.94. The molecule has 1 N–H and O–H groups in total. The van der Waals surface area contributed by atoms with Crippen LogP contribution in [0.5, 0.6) is 0 Å². The maximum atomic E-state index is 12.2. The van der Waals surface area contributed by atoms with E-state index in [-0.39, 0.29) is 17.0 Å². The number of carbonyl (C=O) groups is 2. The third-order valence-corrected chi connectivity index (χ3v) is 3.92. The van der Waals surface area contributed by atoms with E-state index in [1.807, 2.05) is 0 Å². The third-order valence-electron chi connectivity index (χ3n) is 3.37. The molecule has 1 aliphatic rings. The number of cyclic esters (lactones) is 1. The van der Waals surface area contributed by atoms with Crippen molar-refractivity contribution in [3.63, 3.8) is 0 Å². The number of halogens is 2. The second-order valence-corrected chi connectivity index (χ2v) is 5.73. The predicted molar refractivity (Wildman–Crippen MR) is 89.6 cm³/mol. The number of amides is 2. The fraction of sp³-hybridized carbons (Fsp3) is 0.125. The van der Waals surface area contributed by atoms with E-state index < -0.39 is 0 Å². The van der Waals surface area contributed by atoms with Gasteiger partial charge in [-0.1, -0.05) is 23.2 Å². The number of hydrogen-bond donors (Lipinski definition) is 1. The molecule has 0 unspecified atom stereocenters. The summed E-state index contributed by atoms with van der Waals surface area (Å²) in [7, 11) is 0. The molecule has 0 spiro atoms. The second kappa shape index (κ2) is 6.48. The van der Waals surface area contributed by atoms with E-state index >= 15 is 0 Å². The summed E-state index contributed by atoms with van der Waals surface area (Å²) >= 11 is 11.8. The summed E-state index contributed by atoms with van der Waals surface area (Å²) in [6.45, 7) is 0.900. The number of benzene rings is 2. The molecule has 5 nitrogen and oxygen atoms in total. The largest absolute Gasteiger partial charge is 0.447 e. The molecule has 0 aliphatic carbocycles. The summed E-state index contributed by atoms with van der Waals surface area (Å²) in [6.07, 6.45) is -0.366. The van der Waals surface area contributed by atoms with Crippen LogP contribution >= 0.6 is 23.2 Å². The molecule has 1 heterocycles. The minimum atomic E-state index is -0.366. The van der Waals surface area contributed by atoms with Crippen LogP contribution in [-0.4, -0.2) is 25.2 Å². The van der Waals surface area contributed by atoms with Gasteiger partial charge in [0.15, 0.2) is 0 Å². The van der Waals surface area contributed by atoms with Crippen LogP contribution in [0, 0.1) is 0 Å². The molecular formula is C16H12Cl2N2O3. The Balaban J connectivity index is 1.73. The summed E-state index contributed by atoms with van der Waals surface area (Å²) in [4.78, 5) is 25.2. The summed E-state index contributed by atoms with van der Waals surface area (Å²) in [6, 6.07) is 11.6. The molecule has 1 saturated heterocycles. The van der Waals surface area contributed by atoms with Crippen molar-refractivity contribution in [2.24, 2.45) is 0 Å². The van der Waals surface area contributed by atoms with Gasteiger partial charge in [-0.15, -0.1) is 0 Å². The molecule has 0 bridgehead atoms. The molecule has 1 aliphatic heterocycles. The van der Waals surface area contributed by atoms with Crippen LogP contribution < -0.4 is 10.2 Å². The van der Waals surface area contributed by atoms with Gasteiger partial charge in [0.25, 0.3) is 5.91 Å². The van der Waals surface area contributed by atoms with Gasteiger partial charge in [0.05, 0.1) is 17.1 Å². The molecular weight excluding hydrogens is 339 g/mol. The van der Waals surface area contributed by atoms with Crippen molar-refractivity contribution in [2.45, 2.75) is 0 Å². The van der Waals surface area contributed by atoms with E-state index in [9.17, 15) is 9.59 Å².